The van der Waals surface area contributed by atoms with E-state index in [9.17, 15) is 12.9 Å². The molecule has 6 heteroatoms. The minimum Gasteiger partial charge on any atom is -0.449 e. The van der Waals surface area contributed by atoms with Crippen LogP contribution < -0.4 is 51.4 Å². The molecule has 82 valence electrons. The van der Waals surface area contributed by atoms with Crippen molar-refractivity contribution in [3.63, 3.8) is 0 Å². The molecule has 1 saturated carbocycles. The zero-order chi connectivity index (χ0) is 10.2. The number of halogens is 3. The van der Waals surface area contributed by atoms with Crippen LogP contribution in [0.25, 0.3) is 0 Å². The maximum absolute atomic E-state index is 12.1. The fraction of sp³-hybridized carbons (Fsp3) is 1.00. The number of ether oxygens (including phenoxy) is 1. The van der Waals surface area contributed by atoms with E-state index < -0.39 is 13.3 Å². The van der Waals surface area contributed by atoms with E-state index in [4.69, 9.17) is 4.74 Å². The molecule has 1 saturated heterocycles. The first kappa shape index (κ1) is 14.5. The van der Waals surface area contributed by atoms with E-state index in [1.54, 1.807) is 0 Å². The molecule has 0 N–H and O–H groups in total. The molecule has 1 heterocycles. The van der Waals surface area contributed by atoms with Crippen molar-refractivity contribution in [2.24, 2.45) is 11.3 Å². The van der Waals surface area contributed by atoms with Crippen LogP contribution in [0.3, 0.4) is 0 Å². The van der Waals surface area contributed by atoms with Crippen LogP contribution >= 0.6 is 0 Å². The van der Waals surface area contributed by atoms with Gasteiger partial charge in [0.1, 0.15) is 0 Å². The van der Waals surface area contributed by atoms with E-state index in [0.717, 1.165) is 38.9 Å². The maximum Gasteiger partial charge on any atom is 1.00 e. The van der Waals surface area contributed by atoms with Gasteiger partial charge >= 0.3 is 58.4 Å². The van der Waals surface area contributed by atoms with Gasteiger partial charge < -0.3 is 17.7 Å². The van der Waals surface area contributed by atoms with Gasteiger partial charge in [0.15, 0.2) is 0 Å². The number of hydrogen-bond donors (Lipinski definition) is 0. The van der Waals surface area contributed by atoms with Gasteiger partial charge in [0.05, 0.1) is 0 Å². The molecule has 0 atom stereocenters. The quantitative estimate of drug-likeness (QED) is 0.625. The summed E-state index contributed by atoms with van der Waals surface area (Å²) in [7, 11) is 0. The normalized spacial score (nSPS) is 25.8. The molecule has 2 rings (SSSR count). The van der Waals surface area contributed by atoms with Crippen molar-refractivity contribution in [3.8, 4) is 0 Å². The Morgan fingerprint density at radius 1 is 1.13 bits per heavy atom. The van der Waals surface area contributed by atoms with Gasteiger partial charge in [-0.1, -0.05) is 12.2 Å². The van der Waals surface area contributed by atoms with Crippen LogP contribution in [0.15, 0.2) is 0 Å². The van der Waals surface area contributed by atoms with Gasteiger partial charge in [-0.2, -0.15) is 0 Å². The minimum atomic E-state index is -4.57. The largest absolute Gasteiger partial charge is 1.00 e. The molecular formula is C9H15BF3KO. The summed E-state index contributed by atoms with van der Waals surface area (Å²) < 4.78 is 41.6. The van der Waals surface area contributed by atoms with Crippen molar-refractivity contribution in [1.82, 2.24) is 0 Å². The molecule has 0 bridgehead atoms. The average molecular weight is 246 g/mol. The molecule has 1 aliphatic carbocycles. The van der Waals surface area contributed by atoms with Gasteiger partial charge in [0, 0.05) is 13.2 Å². The Bertz CT molecular complexity index is 208. The second-order valence-corrected chi connectivity index (χ2v) is 4.83. The predicted octanol–water partition coefficient (Wildman–Crippen LogP) is 0.0446. The van der Waals surface area contributed by atoms with Crippen molar-refractivity contribution in [3.05, 3.63) is 0 Å². The molecule has 1 nitrogen and oxygen atoms in total. The molecule has 0 amide bonds. The van der Waals surface area contributed by atoms with Crippen LogP contribution in [0.4, 0.5) is 12.9 Å². The third-order valence-corrected chi connectivity index (χ3v) is 3.60. The van der Waals surface area contributed by atoms with Gasteiger partial charge in [-0.3, -0.25) is 0 Å². The van der Waals surface area contributed by atoms with Crippen LogP contribution in [0.5, 0.6) is 0 Å². The third kappa shape index (κ3) is 4.00. The molecule has 0 aromatic heterocycles. The Labute approximate surface area is 131 Å². The molecule has 0 radical (unpaired) electrons. The minimum absolute atomic E-state index is 0. The first-order chi connectivity index (χ1) is 6.49. The molecule has 15 heavy (non-hydrogen) atoms. The summed E-state index contributed by atoms with van der Waals surface area (Å²) in [5, 5.41) is 0. The fourth-order valence-electron chi connectivity index (χ4n) is 2.92. The van der Waals surface area contributed by atoms with Crippen LogP contribution in [-0.2, 0) is 4.74 Å². The maximum atomic E-state index is 12.1. The Kier molecular flexibility index (Phi) is 5.22. The van der Waals surface area contributed by atoms with Crippen molar-refractivity contribution in [1.29, 1.82) is 0 Å². The Balaban J connectivity index is 0.00000112. The summed E-state index contributed by atoms with van der Waals surface area (Å²) in [6, 6.07) is 0. The van der Waals surface area contributed by atoms with Gasteiger partial charge in [0.2, 0.25) is 0 Å². The van der Waals surface area contributed by atoms with Gasteiger partial charge in [-0.15, -0.1) is 0 Å². The van der Waals surface area contributed by atoms with Gasteiger partial charge in [-0.25, -0.2) is 0 Å². The zero-order valence-electron chi connectivity index (χ0n) is 9.15. The summed E-state index contributed by atoms with van der Waals surface area (Å²) in [5.74, 6) is -0.0897. The van der Waals surface area contributed by atoms with Crippen molar-refractivity contribution in [2.45, 2.75) is 32.0 Å². The van der Waals surface area contributed by atoms with Crippen LogP contribution in [0.2, 0.25) is 6.32 Å². The smallest absolute Gasteiger partial charge is 0.449 e. The summed E-state index contributed by atoms with van der Waals surface area (Å²) in [6.07, 6.45) is 2.96. The third-order valence-electron chi connectivity index (χ3n) is 3.60. The molecule has 1 spiro atoms. The predicted molar refractivity (Wildman–Crippen MR) is 49.1 cm³/mol. The SMILES string of the molecule is F[B-](F)(F)CC1CC2(CCOCC2)C1.[K+]. The monoisotopic (exact) mass is 246 g/mol. The van der Waals surface area contributed by atoms with Crippen LogP contribution in [0, 0.1) is 11.3 Å². The molecule has 2 fully saturated rings. The standard InChI is InChI=1S/C9H15BF3O.K/c11-10(12,13)7-8-5-9(6-8)1-3-14-4-2-9;/h8H,1-7H2;/q-1;+1. The Morgan fingerprint density at radius 2 is 1.67 bits per heavy atom. The first-order valence-corrected chi connectivity index (χ1v) is 5.28. The molecular weight excluding hydrogens is 231 g/mol. The molecule has 1 aliphatic heterocycles. The second kappa shape index (κ2) is 5.40. The Morgan fingerprint density at radius 3 is 2.13 bits per heavy atom. The number of rotatable bonds is 2. The van der Waals surface area contributed by atoms with E-state index in [1.165, 1.54) is 0 Å². The summed E-state index contributed by atoms with van der Waals surface area (Å²) in [6.45, 7) is -3.09. The van der Waals surface area contributed by atoms with Crippen molar-refractivity contribution in [2.75, 3.05) is 13.2 Å². The van der Waals surface area contributed by atoms with Gasteiger partial charge in [-0.05, 0) is 31.1 Å². The summed E-state index contributed by atoms with van der Waals surface area (Å²) in [5.41, 5.74) is 0.226. The fourth-order valence-corrected chi connectivity index (χ4v) is 2.92. The van der Waals surface area contributed by atoms with Crippen molar-refractivity contribution >= 4 is 6.98 Å². The number of hydrogen-bond acceptors (Lipinski definition) is 1. The topological polar surface area (TPSA) is 9.23 Å². The zero-order valence-corrected chi connectivity index (χ0v) is 12.3. The molecule has 0 aromatic carbocycles. The summed E-state index contributed by atoms with van der Waals surface area (Å²) >= 11 is 0. The first-order valence-electron chi connectivity index (χ1n) is 5.28. The molecule has 2 aliphatic rings. The van der Waals surface area contributed by atoms with E-state index >= 15 is 0 Å². The van der Waals surface area contributed by atoms with E-state index in [-0.39, 0.29) is 62.7 Å². The Hall–Kier alpha value is 1.45. The van der Waals surface area contributed by atoms with Gasteiger partial charge in [0.25, 0.3) is 0 Å². The van der Waals surface area contributed by atoms with E-state index in [0.29, 0.717) is 0 Å². The summed E-state index contributed by atoms with van der Waals surface area (Å²) in [4.78, 5) is 0. The van der Waals surface area contributed by atoms with E-state index in [2.05, 4.69) is 0 Å². The molecule has 0 unspecified atom stereocenters. The van der Waals surface area contributed by atoms with Crippen molar-refractivity contribution < 1.29 is 69.1 Å². The average Bonchev–Trinajstić information content (AvgIpc) is 2.00. The van der Waals surface area contributed by atoms with Crippen LogP contribution in [0.1, 0.15) is 25.7 Å². The second-order valence-electron chi connectivity index (χ2n) is 4.83. The van der Waals surface area contributed by atoms with E-state index in [1.807, 2.05) is 0 Å². The molecule has 0 aromatic rings. The van der Waals surface area contributed by atoms with Crippen LogP contribution in [-0.4, -0.2) is 20.2 Å².